The van der Waals surface area contributed by atoms with E-state index >= 15 is 0 Å². The zero-order valence-corrected chi connectivity index (χ0v) is 16.1. The summed E-state index contributed by atoms with van der Waals surface area (Å²) >= 11 is 5.90. The highest BCUT2D eigenvalue weighted by Gasteiger charge is 2.38. The average molecular weight is 368 g/mol. The van der Waals surface area contributed by atoms with Gasteiger partial charge in [0.2, 0.25) is 0 Å². The van der Waals surface area contributed by atoms with Crippen molar-refractivity contribution in [2.45, 2.75) is 51.2 Å². The van der Waals surface area contributed by atoms with E-state index in [1.54, 1.807) is 12.1 Å². The lowest BCUT2D eigenvalue weighted by Gasteiger charge is -2.41. The minimum Gasteiger partial charge on any atom is -0.490 e. The van der Waals surface area contributed by atoms with Crippen molar-refractivity contribution >= 4 is 11.6 Å². The van der Waals surface area contributed by atoms with E-state index in [1.165, 1.54) is 25.7 Å². The van der Waals surface area contributed by atoms with Gasteiger partial charge in [-0.25, -0.2) is 0 Å². The molecule has 2 fully saturated rings. The molecule has 0 aromatic heterocycles. The van der Waals surface area contributed by atoms with Crippen LogP contribution in [0.25, 0.3) is 0 Å². The first-order chi connectivity index (χ1) is 11.9. The molecule has 5 heteroatoms. The molecule has 1 aliphatic carbocycles. The average Bonchev–Trinajstić information content (AvgIpc) is 2.77. The molecule has 2 aliphatic rings. The van der Waals surface area contributed by atoms with Gasteiger partial charge in [-0.15, -0.1) is 0 Å². The Morgan fingerprint density at radius 3 is 2.60 bits per heavy atom. The summed E-state index contributed by atoms with van der Waals surface area (Å²) in [5.41, 5.74) is -0.532. The van der Waals surface area contributed by atoms with Crippen LogP contribution in [0.15, 0.2) is 24.3 Å². The van der Waals surface area contributed by atoms with Crippen LogP contribution in [0, 0.1) is 5.41 Å². The van der Waals surface area contributed by atoms with Gasteiger partial charge in [0, 0.05) is 24.2 Å². The lowest BCUT2D eigenvalue weighted by molar-refractivity contribution is -0.0691. The zero-order chi connectivity index (χ0) is 17.9. The van der Waals surface area contributed by atoms with Gasteiger partial charge >= 0.3 is 0 Å². The quantitative estimate of drug-likeness (QED) is 0.880. The van der Waals surface area contributed by atoms with Crippen LogP contribution in [-0.2, 0) is 4.74 Å². The van der Waals surface area contributed by atoms with Crippen LogP contribution in [0.1, 0.15) is 39.5 Å². The molecule has 1 aromatic rings. The molecule has 1 aromatic carbocycles. The molecular formula is C20H30ClNO3. The van der Waals surface area contributed by atoms with Crippen LogP contribution < -0.4 is 4.74 Å². The zero-order valence-electron chi connectivity index (χ0n) is 15.3. The molecule has 1 unspecified atom stereocenters. The van der Waals surface area contributed by atoms with Gasteiger partial charge in [-0.2, -0.15) is 0 Å². The van der Waals surface area contributed by atoms with Gasteiger partial charge in [0.25, 0.3) is 0 Å². The van der Waals surface area contributed by atoms with Crippen molar-refractivity contribution in [3.63, 3.8) is 0 Å². The number of hydrogen-bond acceptors (Lipinski definition) is 4. The number of nitrogens with zero attached hydrogens (tertiary/aromatic N) is 1. The van der Waals surface area contributed by atoms with Gasteiger partial charge in [-0.3, -0.25) is 4.90 Å². The Morgan fingerprint density at radius 1 is 1.24 bits per heavy atom. The van der Waals surface area contributed by atoms with Crippen molar-refractivity contribution < 1.29 is 14.6 Å². The number of hydrogen-bond donors (Lipinski definition) is 1. The van der Waals surface area contributed by atoms with E-state index in [0.717, 1.165) is 6.54 Å². The molecule has 1 atom stereocenters. The fourth-order valence-electron chi connectivity index (χ4n) is 3.84. The first-order valence-corrected chi connectivity index (χ1v) is 9.66. The second kappa shape index (κ2) is 7.83. The van der Waals surface area contributed by atoms with Crippen molar-refractivity contribution in [2.75, 3.05) is 32.9 Å². The third-order valence-corrected chi connectivity index (χ3v) is 5.79. The summed E-state index contributed by atoms with van der Waals surface area (Å²) in [5.74, 6) is 0.716. The Bertz CT molecular complexity index is 553. The standard InChI is InChI=1S/C20H30ClNO3/c1-19(2)9-7-17(8-10-19)22-11-12-24-14-20(23,13-22)15-25-18-5-3-16(21)4-6-18/h3-6,17,23H,7-15H2,1-2H3. The van der Waals surface area contributed by atoms with Crippen molar-refractivity contribution in [1.29, 1.82) is 0 Å². The highest BCUT2D eigenvalue weighted by molar-refractivity contribution is 6.30. The highest BCUT2D eigenvalue weighted by atomic mass is 35.5. The van der Waals surface area contributed by atoms with E-state index < -0.39 is 5.60 Å². The minimum absolute atomic E-state index is 0.226. The predicted molar refractivity (Wildman–Crippen MR) is 100 cm³/mol. The maximum absolute atomic E-state index is 11.1. The summed E-state index contributed by atoms with van der Waals surface area (Å²) in [6, 6.07) is 7.77. The van der Waals surface area contributed by atoms with Crippen molar-refractivity contribution in [2.24, 2.45) is 5.41 Å². The maximum atomic E-state index is 11.1. The number of rotatable bonds is 4. The molecule has 1 N–H and O–H groups in total. The van der Waals surface area contributed by atoms with Gasteiger partial charge in [0.05, 0.1) is 13.2 Å². The van der Waals surface area contributed by atoms with Crippen LogP contribution in [0.3, 0.4) is 0 Å². The van der Waals surface area contributed by atoms with Crippen molar-refractivity contribution in [3.8, 4) is 5.75 Å². The summed E-state index contributed by atoms with van der Waals surface area (Å²) in [7, 11) is 0. The second-order valence-electron chi connectivity index (χ2n) is 8.39. The summed E-state index contributed by atoms with van der Waals surface area (Å²) in [6.07, 6.45) is 4.88. The van der Waals surface area contributed by atoms with E-state index in [4.69, 9.17) is 21.1 Å². The number of halogens is 1. The molecule has 1 aliphatic heterocycles. The lowest BCUT2D eigenvalue weighted by Crippen LogP contribution is -2.52. The van der Waals surface area contributed by atoms with Crippen LogP contribution in [0.2, 0.25) is 5.02 Å². The Labute approximate surface area is 156 Å². The summed E-state index contributed by atoms with van der Waals surface area (Å²) in [5, 5.41) is 11.7. The molecular weight excluding hydrogens is 338 g/mol. The molecule has 1 saturated carbocycles. The normalized spacial score (nSPS) is 28.5. The van der Waals surface area contributed by atoms with Gasteiger partial charge in [0.1, 0.15) is 18.0 Å². The van der Waals surface area contributed by atoms with E-state index in [9.17, 15) is 5.11 Å². The number of benzene rings is 1. The fourth-order valence-corrected chi connectivity index (χ4v) is 3.97. The van der Waals surface area contributed by atoms with Gasteiger partial charge in [-0.05, 0) is 55.4 Å². The van der Waals surface area contributed by atoms with E-state index in [0.29, 0.717) is 42.0 Å². The number of aliphatic hydroxyl groups is 1. The Morgan fingerprint density at radius 2 is 1.92 bits per heavy atom. The van der Waals surface area contributed by atoms with Gasteiger partial charge < -0.3 is 14.6 Å². The largest absolute Gasteiger partial charge is 0.490 e. The maximum Gasteiger partial charge on any atom is 0.134 e. The van der Waals surface area contributed by atoms with Crippen LogP contribution in [0.5, 0.6) is 5.75 Å². The van der Waals surface area contributed by atoms with Gasteiger partial charge in [-0.1, -0.05) is 25.4 Å². The number of β-amino-alcohol motifs (C(OH)–C–C–N with tert-alkyl or cyclic N) is 1. The van der Waals surface area contributed by atoms with E-state index in [-0.39, 0.29) is 6.61 Å². The fraction of sp³-hybridized carbons (Fsp3) is 0.700. The minimum atomic E-state index is -0.983. The lowest BCUT2D eigenvalue weighted by atomic mass is 9.75. The summed E-state index contributed by atoms with van der Waals surface area (Å²) in [6.45, 7) is 7.40. The van der Waals surface area contributed by atoms with Crippen LogP contribution >= 0.6 is 11.6 Å². The van der Waals surface area contributed by atoms with Gasteiger partial charge in [0.15, 0.2) is 0 Å². The van der Waals surface area contributed by atoms with Crippen LogP contribution in [-0.4, -0.2) is 54.6 Å². The summed E-state index contributed by atoms with van der Waals surface area (Å²) < 4.78 is 11.5. The predicted octanol–water partition coefficient (Wildman–Crippen LogP) is 3.75. The smallest absolute Gasteiger partial charge is 0.134 e. The molecule has 1 heterocycles. The molecule has 140 valence electrons. The third-order valence-electron chi connectivity index (χ3n) is 5.54. The molecule has 0 radical (unpaired) electrons. The molecule has 4 nitrogen and oxygen atoms in total. The van der Waals surface area contributed by atoms with Crippen molar-refractivity contribution in [3.05, 3.63) is 29.3 Å². The molecule has 0 spiro atoms. The molecule has 25 heavy (non-hydrogen) atoms. The SMILES string of the molecule is CC1(C)CCC(N2CCOCC(O)(COc3ccc(Cl)cc3)C2)CC1. The Balaban J connectivity index is 1.59. The Hall–Kier alpha value is -0.810. The molecule has 0 amide bonds. The first kappa shape index (κ1) is 19.0. The molecule has 3 rings (SSSR count). The van der Waals surface area contributed by atoms with Crippen LogP contribution in [0.4, 0.5) is 0 Å². The second-order valence-corrected chi connectivity index (χ2v) is 8.82. The highest BCUT2D eigenvalue weighted by Crippen LogP contribution is 2.37. The Kier molecular flexibility index (Phi) is 5.94. The molecule has 0 bridgehead atoms. The topological polar surface area (TPSA) is 41.9 Å². The monoisotopic (exact) mass is 367 g/mol. The third kappa shape index (κ3) is 5.33. The molecule has 1 saturated heterocycles. The van der Waals surface area contributed by atoms with E-state index in [2.05, 4.69) is 18.7 Å². The van der Waals surface area contributed by atoms with Crippen molar-refractivity contribution in [1.82, 2.24) is 4.90 Å². The van der Waals surface area contributed by atoms with E-state index in [1.807, 2.05) is 12.1 Å². The number of ether oxygens (including phenoxy) is 2. The first-order valence-electron chi connectivity index (χ1n) is 9.28. The summed E-state index contributed by atoms with van der Waals surface area (Å²) in [4.78, 5) is 2.41.